The zero-order valence-electron chi connectivity index (χ0n) is 15.7. The molecular weight excluding hydrogens is 346 g/mol. The van der Waals surface area contributed by atoms with Crippen molar-refractivity contribution in [2.24, 2.45) is 0 Å². The first-order chi connectivity index (χ1) is 13.1. The van der Waals surface area contributed by atoms with Gasteiger partial charge >= 0.3 is 6.61 Å². The lowest BCUT2D eigenvalue weighted by Gasteiger charge is -2.13. The fraction of sp³-hybridized carbons (Fsp3) is 0.304. The zero-order valence-corrected chi connectivity index (χ0v) is 15.7. The summed E-state index contributed by atoms with van der Waals surface area (Å²) in [5.74, 6) is 0.370. The quantitative estimate of drug-likeness (QED) is 0.404. The molecule has 3 aromatic carbocycles. The third-order valence-corrected chi connectivity index (χ3v) is 4.72. The Morgan fingerprint density at radius 3 is 2.30 bits per heavy atom. The number of hydrogen-bond donors (Lipinski definition) is 0. The number of fused-ring (bicyclic) bond motifs is 1. The molecule has 0 fully saturated rings. The van der Waals surface area contributed by atoms with Crippen molar-refractivity contribution in [2.75, 3.05) is 7.11 Å². The molecule has 0 aromatic heterocycles. The summed E-state index contributed by atoms with van der Waals surface area (Å²) in [5, 5.41) is 1.44. The third kappa shape index (κ3) is 4.57. The van der Waals surface area contributed by atoms with Gasteiger partial charge in [0, 0.05) is 5.39 Å². The minimum Gasteiger partial charge on any atom is -0.493 e. The van der Waals surface area contributed by atoms with Gasteiger partial charge in [0.2, 0.25) is 0 Å². The van der Waals surface area contributed by atoms with E-state index in [0.717, 1.165) is 22.9 Å². The van der Waals surface area contributed by atoms with Gasteiger partial charge in [-0.15, -0.1) is 0 Å². The zero-order chi connectivity index (χ0) is 19.2. The summed E-state index contributed by atoms with van der Waals surface area (Å²) in [6.45, 7) is -0.694. The summed E-state index contributed by atoms with van der Waals surface area (Å²) in [5.41, 5.74) is 3.48. The molecule has 0 radical (unpaired) electrons. The number of methoxy groups -OCH3 is 1. The molecule has 0 atom stereocenters. The molecule has 2 nitrogen and oxygen atoms in total. The fourth-order valence-electron chi connectivity index (χ4n) is 3.28. The standard InChI is InChI=1S/C23H24F2O2/c1-3-4-5-6-16-7-9-17(10-8-16)18-11-13-20-19(15-18)12-14-21(26-2)22(20)27-23(24)25/h7-15,23H,3-6H2,1-2H3. The molecule has 0 spiro atoms. The Morgan fingerprint density at radius 2 is 1.63 bits per heavy atom. The Morgan fingerprint density at radius 1 is 0.889 bits per heavy atom. The number of halogens is 2. The molecule has 0 saturated carbocycles. The molecule has 0 bridgehead atoms. The van der Waals surface area contributed by atoms with Crippen LogP contribution in [0.25, 0.3) is 21.9 Å². The van der Waals surface area contributed by atoms with Crippen molar-refractivity contribution in [1.82, 2.24) is 0 Å². The van der Waals surface area contributed by atoms with Crippen LogP contribution < -0.4 is 9.47 Å². The van der Waals surface area contributed by atoms with Crippen LogP contribution >= 0.6 is 0 Å². The molecule has 0 aliphatic carbocycles. The van der Waals surface area contributed by atoms with E-state index in [2.05, 4.69) is 31.2 Å². The topological polar surface area (TPSA) is 18.5 Å². The van der Waals surface area contributed by atoms with E-state index in [4.69, 9.17) is 9.47 Å². The van der Waals surface area contributed by atoms with E-state index < -0.39 is 6.61 Å². The number of rotatable bonds is 8. The van der Waals surface area contributed by atoms with Gasteiger partial charge in [0.15, 0.2) is 11.5 Å². The van der Waals surface area contributed by atoms with Gasteiger partial charge < -0.3 is 9.47 Å². The van der Waals surface area contributed by atoms with E-state index in [-0.39, 0.29) is 5.75 Å². The van der Waals surface area contributed by atoms with Gasteiger partial charge in [0.1, 0.15) is 0 Å². The van der Waals surface area contributed by atoms with E-state index in [1.165, 1.54) is 31.9 Å². The van der Waals surface area contributed by atoms with Gasteiger partial charge in [-0.2, -0.15) is 8.78 Å². The SMILES string of the molecule is CCCCCc1ccc(-c2ccc3c(OC(F)F)c(OC)ccc3c2)cc1. The molecule has 4 heteroatoms. The van der Waals surface area contributed by atoms with Crippen molar-refractivity contribution in [1.29, 1.82) is 0 Å². The maximum Gasteiger partial charge on any atom is 0.387 e. The predicted molar refractivity (Wildman–Crippen MR) is 106 cm³/mol. The average molecular weight is 370 g/mol. The summed E-state index contributed by atoms with van der Waals surface area (Å²) in [6, 6.07) is 17.8. The Labute approximate surface area is 158 Å². The number of hydrogen-bond acceptors (Lipinski definition) is 2. The van der Waals surface area contributed by atoms with Crippen LogP contribution in [-0.2, 0) is 6.42 Å². The van der Waals surface area contributed by atoms with Crippen molar-refractivity contribution in [3.05, 3.63) is 60.2 Å². The highest BCUT2D eigenvalue weighted by atomic mass is 19.3. The van der Waals surface area contributed by atoms with Crippen LogP contribution in [0.15, 0.2) is 54.6 Å². The fourth-order valence-corrected chi connectivity index (χ4v) is 3.28. The van der Waals surface area contributed by atoms with Crippen LogP contribution in [0.3, 0.4) is 0 Å². The largest absolute Gasteiger partial charge is 0.493 e. The molecule has 0 aliphatic heterocycles. The van der Waals surface area contributed by atoms with Crippen molar-refractivity contribution < 1.29 is 18.3 Å². The summed E-state index contributed by atoms with van der Waals surface area (Å²) < 4.78 is 35.4. The monoisotopic (exact) mass is 370 g/mol. The molecule has 142 valence electrons. The molecule has 0 heterocycles. The molecule has 0 unspecified atom stereocenters. The maximum atomic E-state index is 12.8. The average Bonchev–Trinajstić information content (AvgIpc) is 2.68. The minimum absolute atomic E-state index is 0.0721. The second-order valence-corrected chi connectivity index (χ2v) is 6.57. The van der Waals surface area contributed by atoms with Crippen LogP contribution in [0.4, 0.5) is 8.78 Å². The van der Waals surface area contributed by atoms with E-state index in [9.17, 15) is 8.78 Å². The smallest absolute Gasteiger partial charge is 0.387 e. The molecule has 0 saturated heterocycles. The van der Waals surface area contributed by atoms with Crippen LogP contribution in [0.2, 0.25) is 0 Å². The Balaban J connectivity index is 1.90. The first-order valence-corrected chi connectivity index (χ1v) is 9.27. The second kappa shape index (κ2) is 8.85. The number of aryl methyl sites for hydroxylation is 1. The van der Waals surface area contributed by atoms with Crippen LogP contribution in [0.1, 0.15) is 31.7 Å². The van der Waals surface area contributed by atoms with Crippen molar-refractivity contribution >= 4 is 10.8 Å². The number of alkyl halides is 2. The Hall–Kier alpha value is -2.62. The summed E-state index contributed by atoms with van der Waals surface area (Å²) in [6.07, 6.45) is 4.77. The summed E-state index contributed by atoms with van der Waals surface area (Å²) in [7, 11) is 1.44. The van der Waals surface area contributed by atoms with Crippen LogP contribution in [0, 0.1) is 0 Å². The van der Waals surface area contributed by atoms with Gasteiger partial charge in [-0.1, -0.05) is 56.2 Å². The lowest BCUT2D eigenvalue weighted by atomic mass is 9.98. The summed E-state index contributed by atoms with van der Waals surface area (Å²) >= 11 is 0. The van der Waals surface area contributed by atoms with Crippen LogP contribution in [-0.4, -0.2) is 13.7 Å². The van der Waals surface area contributed by atoms with Gasteiger partial charge in [-0.05, 0) is 53.1 Å². The van der Waals surface area contributed by atoms with Gasteiger partial charge in [-0.3, -0.25) is 0 Å². The van der Waals surface area contributed by atoms with Gasteiger partial charge in [0.25, 0.3) is 0 Å². The normalized spacial score (nSPS) is 11.1. The van der Waals surface area contributed by atoms with E-state index in [1.54, 1.807) is 12.1 Å². The molecule has 27 heavy (non-hydrogen) atoms. The lowest BCUT2D eigenvalue weighted by molar-refractivity contribution is -0.0501. The van der Waals surface area contributed by atoms with Gasteiger partial charge in [0.05, 0.1) is 7.11 Å². The highest BCUT2D eigenvalue weighted by Crippen LogP contribution is 2.38. The Kier molecular flexibility index (Phi) is 6.28. The highest BCUT2D eigenvalue weighted by molar-refractivity contribution is 5.93. The van der Waals surface area contributed by atoms with Crippen molar-refractivity contribution in [2.45, 2.75) is 39.2 Å². The third-order valence-electron chi connectivity index (χ3n) is 4.72. The molecule has 0 aliphatic rings. The van der Waals surface area contributed by atoms with E-state index in [1.807, 2.05) is 18.2 Å². The first kappa shape index (κ1) is 19.2. The first-order valence-electron chi connectivity index (χ1n) is 9.27. The summed E-state index contributed by atoms with van der Waals surface area (Å²) in [4.78, 5) is 0. The molecule has 0 N–H and O–H groups in total. The van der Waals surface area contributed by atoms with Crippen LogP contribution in [0.5, 0.6) is 11.5 Å². The number of benzene rings is 3. The van der Waals surface area contributed by atoms with E-state index in [0.29, 0.717) is 11.1 Å². The molecule has 0 amide bonds. The number of unbranched alkanes of at least 4 members (excludes halogenated alkanes) is 2. The predicted octanol–water partition coefficient (Wildman–Crippen LogP) is 6.85. The molecular formula is C23H24F2O2. The van der Waals surface area contributed by atoms with Gasteiger partial charge in [-0.25, -0.2) is 0 Å². The van der Waals surface area contributed by atoms with Crippen molar-refractivity contribution in [3.8, 4) is 22.6 Å². The minimum atomic E-state index is -2.90. The Bertz CT molecular complexity index is 889. The highest BCUT2D eigenvalue weighted by Gasteiger charge is 2.15. The molecule has 3 rings (SSSR count). The molecule has 3 aromatic rings. The van der Waals surface area contributed by atoms with Crippen molar-refractivity contribution in [3.63, 3.8) is 0 Å². The maximum absolute atomic E-state index is 12.8. The van der Waals surface area contributed by atoms with E-state index >= 15 is 0 Å². The lowest BCUT2D eigenvalue weighted by Crippen LogP contribution is -2.04. The second-order valence-electron chi connectivity index (χ2n) is 6.57. The number of ether oxygens (including phenoxy) is 2.